The Morgan fingerprint density at radius 2 is 2.00 bits per heavy atom. The smallest absolute Gasteiger partial charge is 0.246 e. The maximum absolute atomic E-state index is 12.8. The fourth-order valence-corrected chi connectivity index (χ4v) is 3.17. The zero-order valence-electron chi connectivity index (χ0n) is 12.9. The van der Waals surface area contributed by atoms with Crippen molar-refractivity contribution < 1.29 is 14.3 Å². The Labute approximate surface area is 121 Å². The first-order chi connectivity index (χ1) is 9.41. The normalized spacial score (nSPS) is 31.3. The van der Waals surface area contributed by atoms with Crippen molar-refractivity contribution in [3.63, 3.8) is 0 Å². The van der Waals surface area contributed by atoms with Gasteiger partial charge in [-0.25, -0.2) is 0 Å². The molecule has 2 amide bonds. The monoisotopic (exact) mass is 282 g/mol. The van der Waals surface area contributed by atoms with Crippen LogP contribution in [0.4, 0.5) is 0 Å². The number of rotatable bonds is 4. The lowest BCUT2D eigenvalue weighted by atomic mass is 9.92. The van der Waals surface area contributed by atoms with Gasteiger partial charge in [0.1, 0.15) is 12.1 Å². The fourth-order valence-electron chi connectivity index (χ4n) is 3.17. The van der Waals surface area contributed by atoms with E-state index in [0.29, 0.717) is 25.6 Å². The van der Waals surface area contributed by atoms with Gasteiger partial charge in [0.05, 0.1) is 12.6 Å². The van der Waals surface area contributed by atoms with Crippen molar-refractivity contribution in [2.45, 2.75) is 58.7 Å². The molecule has 2 heterocycles. The molecule has 0 saturated carbocycles. The first-order valence-corrected chi connectivity index (χ1v) is 7.62. The van der Waals surface area contributed by atoms with Crippen LogP contribution >= 0.6 is 0 Å². The van der Waals surface area contributed by atoms with Gasteiger partial charge in [0.2, 0.25) is 11.8 Å². The molecule has 5 heteroatoms. The van der Waals surface area contributed by atoms with E-state index >= 15 is 0 Å². The van der Waals surface area contributed by atoms with Crippen LogP contribution < -0.4 is 5.32 Å². The number of ether oxygens (including phenoxy) is 1. The summed E-state index contributed by atoms with van der Waals surface area (Å²) >= 11 is 0. The molecule has 0 aliphatic carbocycles. The molecule has 0 spiro atoms. The van der Waals surface area contributed by atoms with Crippen molar-refractivity contribution in [1.82, 2.24) is 10.2 Å². The second-order valence-electron chi connectivity index (χ2n) is 6.64. The third-order valence-corrected chi connectivity index (χ3v) is 4.08. The average Bonchev–Trinajstić information content (AvgIpc) is 2.85. The van der Waals surface area contributed by atoms with Crippen molar-refractivity contribution in [1.29, 1.82) is 0 Å². The van der Waals surface area contributed by atoms with Gasteiger partial charge in [-0.15, -0.1) is 0 Å². The summed E-state index contributed by atoms with van der Waals surface area (Å²) < 4.78 is 5.41. The van der Waals surface area contributed by atoms with Crippen LogP contribution in [0.1, 0.15) is 40.5 Å². The van der Waals surface area contributed by atoms with Gasteiger partial charge in [-0.1, -0.05) is 27.7 Å². The van der Waals surface area contributed by atoms with Gasteiger partial charge >= 0.3 is 0 Å². The lowest BCUT2D eigenvalue weighted by Crippen LogP contribution is -2.67. The Bertz CT molecular complexity index is 375. The predicted octanol–water partition coefficient (Wildman–Crippen LogP) is 1.17. The molecule has 2 fully saturated rings. The zero-order valence-corrected chi connectivity index (χ0v) is 12.9. The summed E-state index contributed by atoms with van der Waals surface area (Å²) in [6.07, 6.45) is 1.52. The molecule has 0 aromatic rings. The van der Waals surface area contributed by atoms with Gasteiger partial charge in [0.15, 0.2) is 0 Å². The fraction of sp³-hybridized carbons (Fsp3) is 0.867. The van der Waals surface area contributed by atoms with Crippen molar-refractivity contribution in [2.75, 3.05) is 13.2 Å². The average molecular weight is 282 g/mol. The highest BCUT2D eigenvalue weighted by Gasteiger charge is 2.45. The van der Waals surface area contributed by atoms with E-state index in [9.17, 15) is 9.59 Å². The zero-order chi connectivity index (χ0) is 14.9. The third-order valence-electron chi connectivity index (χ3n) is 4.08. The van der Waals surface area contributed by atoms with Crippen LogP contribution in [0.15, 0.2) is 0 Å². The van der Waals surface area contributed by atoms with E-state index in [4.69, 9.17) is 4.74 Å². The van der Waals surface area contributed by atoms with Crippen LogP contribution in [0.5, 0.6) is 0 Å². The molecule has 2 aliphatic heterocycles. The molecular formula is C15H26N2O3. The molecule has 2 rings (SSSR count). The summed E-state index contributed by atoms with van der Waals surface area (Å²) in [6, 6.07) is -0.689. The summed E-state index contributed by atoms with van der Waals surface area (Å²) in [7, 11) is 0. The van der Waals surface area contributed by atoms with Crippen molar-refractivity contribution in [3.05, 3.63) is 0 Å². The van der Waals surface area contributed by atoms with Crippen LogP contribution in [0.3, 0.4) is 0 Å². The third kappa shape index (κ3) is 2.97. The Morgan fingerprint density at radius 1 is 1.30 bits per heavy atom. The van der Waals surface area contributed by atoms with Crippen molar-refractivity contribution in [3.8, 4) is 0 Å². The SMILES string of the molecule is CC(C)CC1NC(=O)C(C(C)C)N(C2CCOC2)C1=O. The van der Waals surface area contributed by atoms with Crippen molar-refractivity contribution in [2.24, 2.45) is 11.8 Å². The summed E-state index contributed by atoms with van der Waals surface area (Å²) in [4.78, 5) is 27.0. The Morgan fingerprint density at radius 3 is 2.50 bits per heavy atom. The van der Waals surface area contributed by atoms with E-state index in [2.05, 4.69) is 19.2 Å². The second-order valence-corrected chi connectivity index (χ2v) is 6.64. The summed E-state index contributed by atoms with van der Waals surface area (Å²) in [5.74, 6) is 0.533. The molecule has 0 bridgehead atoms. The van der Waals surface area contributed by atoms with Crippen LogP contribution in [0, 0.1) is 11.8 Å². The van der Waals surface area contributed by atoms with Gasteiger partial charge in [0, 0.05) is 6.61 Å². The Kier molecular flexibility index (Phi) is 4.68. The standard InChI is InChI=1S/C15H26N2O3/c1-9(2)7-12-15(19)17(11-5-6-20-8-11)13(10(3)4)14(18)16-12/h9-13H,5-8H2,1-4H3,(H,16,18). The topological polar surface area (TPSA) is 58.6 Å². The highest BCUT2D eigenvalue weighted by Crippen LogP contribution is 2.26. The maximum atomic E-state index is 12.8. The Balaban J connectivity index is 2.23. The van der Waals surface area contributed by atoms with E-state index < -0.39 is 0 Å². The molecular weight excluding hydrogens is 256 g/mol. The largest absolute Gasteiger partial charge is 0.379 e. The first-order valence-electron chi connectivity index (χ1n) is 7.62. The molecule has 2 saturated heterocycles. The second kappa shape index (κ2) is 6.12. The van der Waals surface area contributed by atoms with E-state index in [0.717, 1.165) is 6.42 Å². The van der Waals surface area contributed by atoms with Crippen molar-refractivity contribution >= 4 is 11.8 Å². The van der Waals surface area contributed by atoms with E-state index in [1.54, 1.807) is 0 Å². The van der Waals surface area contributed by atoms with Crippen LogP contribution in [0.25, 0.3) is 0 Å². The number of amides is 2. The van der Waals surface area contributed by atoms with Gasteiger partial charge < -0.3 is 15.0 Å². The van der Waals surface area contributed by atoms with Crippen LogP contribution in [-0.4, -0.2) is 48.1 Å². The lowest BCUT2D eigenvalue weighted by molar-refractivity contribution is -0.154. The summed E-state index contributed by atoms with van der Waals surface area (Å²) in [5.41, 5.74) is 0. The minimum absolute atomic E-state index is 0.0165. The van der Waals surface area contributed by atoms with Gasteiger partial charge in [-0.2, -0.15) is 0 Å². The molecule has 114 valence electrons. The van der Waals surface area contributed by atoms with Gasteiger partial charge in [-0.05, 0) is 24.7 Å². The molecule has 0 aromatic carbocycles. The number of nitrogens with one attached hydrogen (secondary N) is 1. The number of nitrogens with zero attached hydrogens (tertiary/aromatic N) is 1. The van der Waals surface area contributed by atoms with Gasteiger partial charge in [0.25, 0.3) is 0 Å². The van der Waals surface area contributed by atoms with E-state index in [1.165, 1.54) is 0 Å². The number of hydrogen-bond donors (Lipinski definition) is 1. The number of hydrogen-bond acceptors (Lipinski definition) is 3. The van der Waals surface area contributed by atoms with E-state index in [-0.39, 0.29) is 35.9 Å². The minimum atomic E-state index is -0.377. The van der Waals surface area contributed by atoms with Crippen LogP contribution in [-0.2, 0) is 14.3 Å². The molecule has 0 radical (unpaired) electrons. The first kappa shape index (κ1) is 15.3. The highest BCUT2D eigenvalue weighted by molar-refractivity contribution is 5.97. The number of carbonyl (C=O) groups is 2. The molecule has 0 aromatic heterocycles. The molecule has 20 heavy (non-hydrogen) atoms. The van der Waals surface area contributed by atoms with Gasteiger partial charge in [-0.3, -0.25) is 9.59 Å². The summed E-state index contributed by atoms with van der Waals surface area (Å²) in [5, 5.41) is 2.91. The number of carbonyl (C=O) groups excluding carboxylic acids is 2. The lowest BCUT2D eigenvalue weighted by Gasteiger charge is -2.44. The number of piperazine rings is 1. The summed E-state index contributed by atoms with van der Waals surface area (Å²) in [6.45, 7) is 9.34. The molecule has 2 aliphatic rings. The quantitative estimate of drug-likeness (QED) is 0.842. The molecule has 1 N–H and O–H groups in total. The van der Waals surface area contributed by atoms with E-state index in [1.807, 2.05) is 18.7 Å². The maximum Gasteiger partial charge on any atom is 0.246 e. The highest BCUT2D eigenvalue weighted by atomic mass is 16.5. The molecule has 3 atom stereocenters. The molecule has 3 unspecified atom stereocenters. The molecule has 5 nitrogen and oxygen atoms in total. The Hall–Kier alpha value is -1.10. The van der Waals surface area contributed by atoms with Crippen LogP contribution in [0.2, 0.25) is 0 Å². The minimum Gasteiger partial charge on any atom is -0.379 e. The predicted molar refractivity (Wildman–Crippen MR) is 76.1 cm³/mol.